The van der Waals surface area contributed by atoms with Gasteiger partial charge in [-0.2, -0.15) is 5.10 Å². The topological polar surface area (TPSA) is 46.9 Å². The third-order valence-corrected chi connectivity index (χ3v) is 4.69. The largest absolute Gasteiger partial charge is 0.340 e. The number of carbonyl (C=O) groups excluding carboxylic acids is 1. The summed E-state index contributed by atoms with van der Waals surface area (Å²) in [6.07, 6.45) is 0. The molecule has 0 saturated carbocycles. The summed E-state index contributed by atoms with van der Waals surface area (Å²) in [5.74, 6) is 0.170. The Hall–Kier alpha value is -2.88. The molecule has 1 unspecified atom stereocenters. The molecule has 0 bridgehead atoms. The maximum Gasteiger partial charge on any atom is 0.271 e. The minimum absolute atomic E-state index is 0.0659. The molecule has 0 aliphatic carbocycles. The van der Waals surface area contributed by atoms with Crippen LogP contribution in [0.15, 0.2) is 54.6 Å². The lowest BCUT2D eigenvalue weighted by atomic mass is 9.95. The number of hydrogen-bond donors (Lipinski definition) is 1. The highest BCUT2D eigenvalue weighted by molar-refractivity contribution is 5.99. The Morgan fingerprint density at radius 3 is 2.36 bits per heavy atom. The Balaban J connectivity index is 1.91. The van der Waals surface area contributed by atoms with E-state index in [-0.39, 0.29) is 17.9 Å². The van der Waals surface area contributed by atoms with Gasteiger partial charge in [0.25, 0.3) is 5.91 Å². The van der Waals surface area contributed by atoms with Gasteiger partial charge in [-0.15, -0.1) is 0 Å². The molecule has 1 N–H and O–H groups in total. The Morgan fingerprint density at radius 2 is 1.72 bits per heavy atom. The summed E-state index contributed by atoms with van der Waals surface area (Å²) in [7, 11) is 0. The number of nitrogens with one attached hydrogen (secondary N) is 1. The van der Waals surface area contributed by atoms with Crippen LogP contribution in [-0.4, -0.2) is 15.7 Å². The molecule has 4 heteroatoms. The van der Waals surface area contributed by atoms with Gasteiger partial charge in [-0.05, 0) is 30.5 Å². The average molecular weight is 331 g/mol. The summed E-state index contributed by atoms with van der Waals surface area (Å²) in [6.45, 7) is 6.30. The summed E-state index contributed by atoms with van der Waals surface area (Å²) < 4.78 is 1.79. The Kier molecular flexibility index (Phi) is 3.68. The van der Waals surface area contributed by atoms with Gasteiger partial charge in [-0.25, -0.2) is 4.68 Å². The molecular weight excluding hydrogens is 310 g/mol. The number of carbonyl (C=O) groups is 1. The van der Waals surface area contributed by atoms with E-state index in [0.29, 0.717) is 5.69 Å². The van der Waals surface area contributed by atoms with Crippen molar-refractivity contribution >= 4 is 5.91 Å². The molecule has 1 aliphatic rings. The highest BCUT2D eigenvalue weighted by atomic mass is 16.2. The van der Waals surface area contributed by atoms with Gasteiger partial charge < -0.3 is 5.32 Å². The zero-order valence-electron chi connectivity index (χ0n) is 14.7. The summed E-state index contributed by atoms with van der Waals surface area (Å²) in [4.78, 5) is 12.8. The number of aryl methyl sites for hydroxylation is 1. The van der Waals surface area contributed by atoms with E-state index in [2.05, 4.69) is 50.4 Å². The summed E-state index contributed by atoms with van der Waals surface area (Å²) >= 11 is 0. The van der Waals surface area contributed by atoms with E-state index in [9.17, 15) is 4.79 Å². The normalized spacial score (nSPS) is 16.2. The SMILES string of the molecule is Cc1ccc(C2NC(=O)c3c2c(C(C)C)nn3-c2ccccc2)cc1. The minimum Gasteiger partial charge on any atom is -0.340 e. The molecular formula is C21H21N3O. The molecule has 2 heterocycles. The Labute approximate surface area is 147 Å². The van der Waals surface area contributed by atoms with Crippen LogP contribution in [0.1, 0.15) is 58.7 Å². The first kappa shape index (κ1) is 15.6. The standard InChI is InChI=1S/C21H21N3O/c1-13(2)18-17-19(15-11-9-14(3)10-12-15)22-21(25)20(17)24(23-18)16-7-5-4-6-8-16/h4-13,19H,1-3H3,(H,22,25). The second-order valence-electron chi connectivity index (χ2n) is 6.87. The predicted molar refractivity (Wildman–Crippen MR) is 98.1 cm³/mol. The third-order valence-electron chi connectivity index (χ3n) is 4.69. The van der Waals surface area contributed by atoms with Gasteiger partial charge in [-0.3, -0.25) is 4.79 Å². The van der Waals surface area contributed by atoms with E-state index >= 15 is 0 Å². The van der Waals surface area contributed by atoms with Crippen molar-refractivity contribution < 1.29 is 4.79 Å². The van der Waals surface area contributed by atoms with Crippen LogP contribution in [0.25, 0.3) is 5.69 Å². The van der Waals surface area contributed by atoms with Crippen molar-refractivity contribution in [3.8, 4) is 5.69 Å². The maximum absolute atomic E-state index is 12.8. The van der Waals surface area contributed by atoms with Crippen LogP contribution < -0.4 is 5.32 Å². The van der Waals surface area contributed by atoms with Gasteiger partial charge in [0.1, 0.15) is 5.69 Å². The molecule has 1 amide bonds. The Bertz CT molecular complexity index is 924. The van der Waals surface area contributed by atoms with E-state index < -0.39 is 0 Å². The molecule has 4 nitrogen and oxygen atoms in total. The fraction of sp³-hybridized carbons (Fsp3) is 0.238. The molecule has 0 radical (unpaired) electrons. The van der Waals surface area contributed by atoms with E-state index in [4.69, 9.17) is 5.10 Å². The molecule has 1 atom stereocenters. The highest BCUT2D eigenvalue weighted by Crippen LogP contribution is 2.37. The lowest BCUT2D eigenvalue weighted by molar-refractivity contribution is 0.0953. The van der Waals surface area contributed by atoms with Gasteiger partial charge in [0.05, 0.1) is 17.4 Å². The van der Waals surface area contributed by atoms with Gasteiger partial charge in [0, 0.05) is 5.56 Å². The number of nitrogens with zero attached hydrogens (tertiary/aromatic N) is 2. The molecule has 2 aromatic carbocycles. The van der Waals surface area contributed by atoms with Crippen LogP contribution in [0, 0.1) is 6.92 Å². The van der Waals surface area contributed by atoms with Crippen LogP contribution in [0.3, 0.4) is 0 Å². The quantitative estimate of drug-likeness (QED) is 0.784. The lowest BCUT2D eigenvalue weighted by Crippen LogP contribution is -2.23. The van der Waals surface area contributed by atoms with Gasteiger partial charge >= 0.3 is 0 Å². The van der Waals surface area contributed by atoms with Crippen molar-refractivity contribution in [3.63, 3.8) is 0 Å². The fourth-order valence-corrected chi connectivity index (χ4v) is 3.41. The van der Waals surface area contributed by atoms with E-state index in [0.717, 1.165) is 22.5 Å². The molecule has 1 aromatic heterocycles. The average Bonchev–Trinajstić information content (AvgIpc) is 3.16. The summed E-state index contributed by atoms with van der Waals surface area (Å²) in [5.41, 5.74) is 5.84. The minimum atomic E-state index is -0.141. The van der Waals surface area contributed by atoms with E-state index in [1.54, 1.807) is 4.68 Å². The monoisotopic (exact) mass is 331 g/mol. The van der Waals surface area contributed by atoms with Gasteiger partial charge in [-0.1, -0.05) is 61.9 Å². The first-order valence-corrected chi connectivity index (χ1v) is 8.62. The van der Waals surface area contributed by atoms with Crippen LogP contribution in [0.5, 0.6) is 0 Å². The van der Waals surface area contributed by atoms with Crippen molar-refractivity contribution in [1.29, 1.82) is 0 Å². The van der Waals surface area contributed by atoms with Crippen LogP contribution in [0.4, 0.5) is 0 Å². The number of rotatable bonds is 3. The molecule has 1 aliphatic heterocycles. The van der Waals surface area contributed by atoms with E-state index in [1.807, 2.05) is 30.3 Å². The maximum atomic E-state index is 12.8. The Morgan fingerprint density at radius 1 is 1.04 bits per heavy atom. The molecule has 4 rings (SSSR count). The van der Waals surface area contributed by atoms with Crippen molar-refractivity contribution in [2.24, 2.45) is 0 Å². The van der Waals surface area contributed by atoms with Crippen molar-refractivity contribution in [2.45, 2.75) is 32.7 Å². The molecule has 25 heavy (non-hydrogen) atoms. The molecule has 0 fully saturated rings. The zero-order valence-corrected chi connectivity index (χ0v) is 14.7. The molecule has 3 aromatic rings. The number of hydrogen-bond acceptors (Lipinski definition) is 2. The highest BCUT2D eigenvalue weighted by Gasteiger charge is 2.38. The number of amides is 1. The number of para-hydroxylation sites is 1. The molecule has 0 saturated heterocycles. The first-order chi connectivity index (χ1) is 12.1. The van der Waals surface area contributed by atoms with Crippen LogP contribution in [0.2, 0.25) is 0 Å². The van der Waals surface area contributed by atoms with Gasteiger partial charge in [0.2, 0.25) is 0 Å². The first-order valence-electron chi connectivity index (χ1n) is 8.62. The van der Waals surface area contributed by atoms with Crippen molar-refractivity contribution in [3.05, 3.63) is 82.7 Å². The van der Waals surface area contributed by atoms with Crippen LogP contribution in [-0.2, 0) is 0 Å². The number of fused-ring (bicyclic) bond motifs is 1. The van der Waals surface area contributed by atoms with Crippen molar-refractivity contribution in [2.75, 3.05) is 0 Å². The summed E-state index contributed by atoms with van der Waals surface area (Å²) in [5, 5.41) is 7.94. The third kappa shape index (κ3) is 2.54. The predicted octanol–water partition coefficient (Wildman–Crippen LogP) is 4.14. The molecule has 126 valence electrons. The lowest BCUT2D eigenvalue weighted by Gasteiger charge is -2.14. The van der Waals surface area contributed by atoms with E-state index in [1.165, 1.54) is 5.56 Å². The smallest absolute Gasteiger partial charge is 0.271 e. The fourth-order valence-electron chi connectivity index (χ4n) is 3.41. The number of aromatic nitrogens is 2. The second kappa shape index (κ2) is 5.88. The second-order valence-corrected chi connectivity index (χ2v) is 6.87. The van der Waals surface area contributed by atoms with Crippen molar-refractivity contribution in [1.82, 2.24) is 15.1 Å². The van der Waals surface area contributed by atoms with Gasteiger partial charge in [0.15, 0.2) is 0 Å². The zero-order chi connectivity index (χ0) is 17.6. The van der Waals surface area contributed by atoms with Crippen LogP contribution >= 0.6 is 0 Å². The number of benzene rings is 2. The summed E-state index contributed by atoms with van der Waals surface area (Å²) in [6, 6.07) is 18.0. The molecule has 0 spiro atoms.